The van der Waals surface area contributed by atoms with Crippen molar-refractivity contribution in [2.45, 2.75) is 39.1 Å². The molecule has 3 nitrogen and oxygen atoms in total. The second-order valence-electron chi connectivity index (χ2n) is 5.73. The van der Waals surface area contributed by atoms with Crippen LogP contribution >= 0.6 is 11.6 Å². The molecule has 1 N–H and O–H groups in total. The van der Waals surface area contributed by atoms with Crippen molar-refractivity contribution in [2.75, 3.05) is 0 Å². The van der Waals surface area contributed by atoms with Gasteiger partial charge in [-0.1, -0.05) is 30.7 Å². The van der Waals surface area contributed by atoms with Gasteiger partial charge < -0.3 is 14.3 Å². The van der Waals surface area contributed by atoms with Crippen molar-refractivity contribution >= 4 is 22.6 Å². The van der Waals surface area contributed by atoms with E-state index in [9.17, 15) is 5.11 Å². The molecule has 1 fully saturated rings. The molecule has 3 rings (SSSR count). The minimum Gasteiger partial charge on any atom is -0.457 e. The summed E-state index contributed by atoms with van der Waals surface area (Å²) in [5.74, 6) is 0.877. The average Bonchev–Trinajstić information content (AvgIpc) is 2.93. The van der Waals surface area contributed by atoms with Crippen LogP contribution in [0.5, 0.6) is 0 Å². The largest absolute Gasteiger partial charge is 0.457 e. The van der Waals surface area contributed by atoms with Crippen LogP contribution in [0.3, 0.4) is 0 Å². The van der Waals surface area contributed by atoms with Gasteiger partial charge in [-0.25, -0.2) is 0 Å². The van der Waals surface area contributed by atoms with Gasteiger partial charge in [0.05, 0.1) is 17.2 Å². The van der Waals surface area contributed by atoms with Crippen molar-refractivity contribution in [2.24, 2.45) is 11.8 Å². The molecular weight excluding hydrogens is 276 g/mol. The van der Waals surface area contributed by atoms with Crippen LogP contribution < -0.4 is 0 Å². The maximum absolute atomic E-state index is 10.7. The van der Waals surface area contributed by atoms with Crippen LogP contribution in [0.4, 0.5) is 0 Å². The molecule has 5 atom stereocenters. The number of furan rings is 1. The van der Waals surface area contributed by atoms with E-state index in [0.29, 0.717) is 16.4 Å². The number of hydrogen-bond donors (Lipinski definition) is 1. The van der Waals surface area contributed by atoms with Crippen molar-refractivity contribution in [3.05, 3.63) is 35.0 Å². The lowest BCUT2D eigenvalue weighted by Gasteiger charge is -2.22. The third-order valence-corrected chi connectivity index (χ3v) is 4.79. The van der Waals surface area contributed by atoms with Gasteiger partial charge in [0, 0.05) is 11.3 Å². The van der Waals surface area contributed by atoms with Gasteiger partial charge >= 0.3 is 0 Å². The zero-order chi connectivity index (χ0) is 14.4. The minimum atomic E-state index is -0.673. The Bertz CT molecular complexity index is 621. The fourth-order valence-corrected chi connectivity index (χ4v) is 3.44. The highest BCUT2D eigenvalue weighted by Crippen LogP contribution is 2.42. The fourth-order valence-electron chi connectivity index (χ4n) is 3.22. The molecule has 0 aliphatic carbocycles. The smallest absolute Gasteiger partial charge is 0.152 e. The number of fused-ring (bicyclic) bond motifs is 1. The van der Waals surface area contributed by atoms with Crippen LogP contribution in [0.15, 0.2) is 28.7 Å². The first-order chi connectivity index (χ1) is 9.49. The molecule has 1 aliphatic rings. The standard InChI is InChI=1S/C16H19ClO3/c1-8-9(2)19-10(3)14(8)15(18)13-7-11-5-4-6-12(17)16(11)20-13/h4-10,14-15,18H,1-3H3. The van der Waals surface area contributed by atoms with E-state index in [1.807, 2.05) is 32.0 Å². The molecule has 4 heteroatoms. The Balaban J connectivity index is 1.96. The Morgan fingerprint density at radius 2 is 1.95 bits per heavy atom. The summed E-state index contributed by atoms with van der Waals surface area (Å²) in [5, 5.41) is 12.1. The van der Waals surface area contributed by atoms with Gasteiger partial charge in [-0.15, -0.1) is 0 Å². The van der Waals surface area contributed by atoms with Crippen LogP contribution in [0, 0.1) is 11.8 Å². The SMILES string of the molecule is CC1OC(C)C(C(O)c2cc3cccc(Cl)c3o2)C1C. The molecule has 1 saturated heterocycles. The van der Waals surface area contributed by atoms with E-state index in [1.165, 1.54) is 0 Å². The Morgan fingerprint density at radius 1 is 1.20 bits per heavy atom. The highest BCUT2D eigenvalue weighted by molar-refractivity contribution is 6.34. The molecule has 0 bridgehead atoms. The Labute approximate surface area is 123 Å². The first-order valence-electron chi connectivity index (χ1n) is 7.00. The van der Waals surface area contributed by atoms with Crippen LogP contribution in [0.25, 0.3) is 11.0 Å². The summed E-state index contributed by atoms with van der Waals surface area (Å²) in [6, 6.07) is 7.47. The van der Waals surface area contributed by atoms with Gasteiger partial charge in [-0.3, -0.25) is 0 Å². The van der Waals surface area contributed by atoms with Crippen molar-refractivity contribution in [1.82, 2.24) is 0 Å². The van der Waals surface area contributed by atoms with E-state index in [2.05, 4.69) is 6.92 Å². The number of benzene rings is 1. The summed E-state index contributed by atoms with van der Waals surface area (Å²) < 4.78 is 11.6. The second-order valence-corrected chi connectivity index (χ2v) is 6.14. The zero-order valence-corrected chi connectivity index (χ0v) is 12.6. The summed E-state index contributed by atoms with van der Waals surface area (Å²) in [5.41, 5.74) is 0.635. The van der Waals surface area contributed by atoms with E-state index < -0.39 is 6.10 Å². The highest BCUT2D eigenvalue weighted by Gasteiger charge is 2.42. The number of ether oxygens (including phenoxy) is 1. The fraction of sp³-hybridized carbons (Fsp3) is 0.500. The van der Waals surface area contributed by atoms with Gasteiger partial charge in [0.25, 0.3) is 0 Å². The summed E-state index contributed by atoms with van der Waals surface area (Å²) in [6.45, 7) is 6.16. The first-order valence-corrected chi connectivity index (χ1v) is 7.38. The monoisotopic (exact) mass is 294 g/mol. The van der Waals surface area contributed by atoms with Crippen molar-refractivity contribution < 1.29 is 14.3 Å². The quantitative estimate of drug-likeness (QED) is 0.903. The second kappa shape index (κ2) is 5.06. The van der Waals surface area contributed by atoms with Gasteiger partial charge in [0.2, 0.25) is 0 Å². The predicted molar refractivity (Wildman–Crippen MR) is 78.8 cm³/mol. The minimum absolute atomic E-state index is 0.0127. The highest BCUT2D eigenvalue weighted by atomic mass is 35.5. The third-order valence-electron chi connectivity index (χ3n) is 4.49. The molecule has 5 unspecified atom stereocenters. The van der Waals surface area contributed by atoms with Crippen LogP contribution in [-0.4, -0.2) is 17.3 Å². The van der Waals surface area contributed by atoms with Crippen molar-refractivity contribution in [1.29, 1.82) is 0 Å². The van der Waals surface area contributed by atoms with Crippen LogP contribution in [0.2, 0.25) is 5.02 Å². The van der Waals surface area contributed by atoms with Crippen molar-refractivity contribution in [3.63, 3.8) is 0 Å². The Kier molecular flexibility index (Phi) is 3.53. The first kappa shape index (κ1) is 13.9. The molecule has 1 aromatic heterocycles. The number of aliphatic hydroxyl groups excluding tert-OH is 1. The maximum atomic E-state index is 10.7. The molecule has 20 heavy (non-hydrogen) atoms. The van der Waals surface area contributed by atoms with E-state index >= 15 is 0 Å². The lowest BCUT2D eigenvalue weighted by atomic mass is 9.84. The van der Waals surface area contributed by atoms with Crippen LogP contribution in [0.1, 0.15) is 32.6 Å². The lowest BCUT2D eigenvalue weighted by Crippen LogP contribution is -2.24. The van der Waals surface area contributed by atoms with Crippen molar-refractivity contribution in [3.8, 4) is 0 Å². The van der Waals surface area contributed by atoms with Crippen LogP contribution in [-0.2, 0) is 4.74 Å². The predicted octanol–water partition coefficient (Wildman–Crippen LogP) is 4.18. The summed E-state index contributed by atoms with van der Waals surface area (Å²) in [6.07, 6.45) is -0.510. The number of aliphatic hydroxyl groups is 1. The maximum Gasteiger partial charge on any atom is 0.152 e. The molecule has 2 aromatic rings. The van der Waals surface area contributed by atoms with Gasteiger partial charge in [-0.05, 0) is 31.9 Å². The number of rotatable bonds is 2. The normalized spacial score (nSPS) is 31.9. The molecule has 0 saturated carbocycles. The number of halogens is 1. The summed E-state index contributed by atoms with van der Waals surface area (Å²) in [7, 11) is 0. The van der Waals surface area contributed by atoms with E-state index in [0.717, 1.165) is 5.39 Å². The van der Waals surface area contributed by atoms with Gasteiger partial charge in [0.1, 0.15) is 11.9 Å². The van der Waals surface area contributed by atoms with E-state index in [4.69, 9.17) is 20.8 Å². The Hall–Kier alpha value is -1.03. The molecule has 0 radical (unpaired) electrons. The molecule has 2 heterocycles. The van der Waals surface area contributed by atoms with E-state index in [-0.39, 0.29) is 24.0 Å². The number of para-hydroxylation sites is 1. The number of hydrogen-bond acceptors (Lipinski definition) is 3. The summed E-state index contributed by atoms with van der Waals surface area (Å²) >= 11 is 6.12. The topological polar surface area (TPSA) is 42.6 Å². The summed E-state index contributed by atoms with van der Waals surface area (Å²) in [4.78, 5) is 0. The molecule has 1 aromatic carbocycles. The Morgan fingerprint density at radius 3 is 2.55 bits per heavy atom. The molecule has 108 valence electrons. The molecule has 0 amide bonds. The zero-order valence-electron chi connectivity index (χ0n) is 11.8. The molecular formula is C16H19ClO3. The van der Waals surface area contributed by atoms with E-state index in [1.54, 1.807) is 6.07 Å². The van der Waals surface area contributed by atoms with Gasteiger partial charge in [0.15, 0.2) is 5.58 Å². The van der Waals surface area contributed by atoms with Gasteiger partial charge in [-0.2, -0.15) is 0 Å². The lowest BCUT2D eigenvalue weighted by molar-refractivity contribution is 0.0162. The molecule has 0 spiro atoms. The third kappa shape index (κ3) is 2.14. The molecule has 1 aliphatic heterocycles. The average molecular weight is 295 g/mol.